The van der Waals surface area contributed by atoms with E-state index in [-0.39, 0.29) is 59.5 Å². The van der Waals surface area contributed by atoms with Crippen LogP contribution in [0, 0.1) is 5.82 Å². The molecule has 5 aliphatic rings. The number of nitrogens with zero attached hydrogens (tertiary/aromatic N) is 11. The number of carbonyl (C=O) groups excluding carboxylic acids is 5. The van der Waals surface area contributed by atoms with Gasteiger partial charge in [-0.2, -0.15) is 39.5 Å². The lowest BCUT2D eigenvalue weighted by Gasteiger charge is -2.41. The Morgan fingerprint density at radius 2 is 0.955 bits per heavy atom. The molecular weight excluding hydrogens is 1730 g/mol. The van der Waals surface area contributed by atoms with Crippen LogP contribution >= 0.6 is 0 Å². The highest BCUT2D eigenvalue weighted by Gasteiger charge is 2.35. The maximum atomic E-state index is 13.0. The van der Waals surface area contributed by atoms with Gasteiger partial charge >= 0.3 is 42.7 Å². The minimum Gasteiger partial charge on any atom is -0.495 e. The molecule has 0 saturated carbocycles. The molecule has 8 N–H and O–H groups in total. The summed E-state index contributed by atoms with van der Waals surface area (Å²) in [6.45, 7) is 16.9. The van der Waals surface area contributed by atoms with Gasteiger partial charge in [-0.1, -0.05) is 103 Å². The number of piperazine rings is 1. The third kappa shape index (κ3) is 33.4. The summed E-state index contributed by atoms with van der Waals surface area (Å²) in [5.41, 5.74) is 5.36. The summed E-state index contributed by atoms with van der Waals surface area (Å²) in [7, 11) is 7.24. The summed E-state index contributed by atoms with van der Waals surface area (Å²) in [5, 5.41) is 21.3. The molecular formula is C97H113F10N19O7. The topological polar surface area (TPSA) is 265 Å². The van der Waals surface area contributed by atoms with Gasteiger partial charge in [0.2, 0.25) is 5.91 Å². The van der Waals surface area contributed by atoms with Crippen molar-refractivity contribution in [3.05, 3.63) is 282 Å². The van der Waals surface area contributed by atoms with E-state index < -0.39 is 47.3 Å². The molecule has 2 atom stereocenters. The van der Waals surface area contributed by atoms with Gasteiger partial charge in [0.15, 0.2) is 5.82 Å². The summed E-state index contributed by atoms with van der Waals surface area (Å²) in [6, 6.07) is 58.3. The SMILES string of the molecule is CC1CC(N(C)C(=O)Nc2ccccn2)CCN1Cc1ccccc1.CN(C)c1ncncc1NC(=O)NC1CCN(Cc2ccc(F)cc2)CC1.COc1ccccc1N1CCN(CC(=O)Nc2cccc(C(F)(F)F)c2)CC1.O=C(Nc1ccc(CN2CCCC2)cc1)Nc1cccc(C(F)(F)F)c1.O=C(Nc1ccc(CN2CCOCC2)cc1)Nc1cccc(C(F)(F)F)c1. The first kappa shape index (κ1) is 101. The number of methoxy groups -OCH3 is 1. The van der Waals surface area contributed by atoms with Crippen LogP contribution in [0.3, 0.4) is 0 Å². The Bertz CT molecular complexity index is 5300. The highest BCUT2D eigenvalue weighted by atomic mass is 19.4. The number of hydrogen-bond donors (Lipinski definition) is 8. The first-order valence-corrected chi connectivity index (χ1v) is 43.8. The number of nitrogens with one attached hydrogen (secondary N) is 8. The van der Waals surface area contributed by atoms with Gasteiger partial charge in [-0.15, -0.1) is 0 Å². The van der Waals surface area contributed by atoms with Gasteiger partial charge in [0.1, 0.15) is 29.4 Å². The fourth-order valence-electron chi connectivity index (χ4n) is 15.5. The Kier molecular flexibility index (Phi) is 37.4. The van der Waals surface area contributed by atoms with Crippen LogP contribution in [-0.2, 0) is 54.2 Å². The molecule has 5 fully saturated rings. The van der Waals surface area contributed by atoms with Crippen LogP contribution in [0.1, 0.15) is 84.4 Å². The van der Waals surface area contributed by atoms with Crippen molar-refractivity contribution < 1.29 is 77.4 Å². The number of rotatable bonds is 22. The molecule has 9 amide bonds. The Morgan fingerprint density at radius 1 is 0.466 bits per heavy atom. The van der Waals surface area contributed by atoms with E-state index in [9.17, 15) is 67.9 Å². The Morgan fingerprint density at radius 3 is 1.47 bits per heavy atom. The zero-order valence-corrected chi connectivity index (χ0v) is 74.8. The third-order valence-electron chi connectivity index (χ3n) is 22.7. The van der Waals surface area contributed by atoms with E-state index in [2.05, 4.69) is 113 Å². The summed E-state index contributed by atoms with van der Waals surface area (Å²) >= 11 is 0. The van der Waals surface area contributed by atoms with Crippen molar-refractivity contribution in [1.29, 1.82) is 0 Å². The lowest BCUT2D eigenvalue weighted by Crippen LogP contribution is -2.50. The molecule has 708 valence electrons. The number of morpholine rings is 1. The predicted octanol–water partition coefficient (Wildman–Crippen LogP) is 18.7. The molecule has 8 aromatic carbocycles. The number of likely N-dealkylation sites (tertiary alicyclic amines) is 3. The van der Waals surface area contributed by atoms with Crippen LogP contribution in [0.2, 0.25) is 0 Å². The second-order valence-electron chi connectivity index (χ2n) is 32.8. The second-order valence-corrected chi connectivity index (χ2v) is 32.8. The summed E-state index contributed by atoms with van der Waals surface area (Å²) in [5.74, 6) is 1.51. The van der Waals surface area contributed by atoms with Crippen molar-refractivity contribution in [2.24, 2.45) is 0 Å². The second kappa shape index (κ2) is 49.5. The molecule has 0 spiro atoms. The van der Waals surface area contributed by atoms with Crippen molar-refractivity contribution in [1.82, 2.24) is 49.7 Å². The van der Waals surface area contributed by atoms with E-state index in [1.165, 1.54) is 73.3 Å². The van der Waals surface area contributed by atoms with Crippen molar-refractivity contribution >= 4 is 81.5 Å². The maximum absolute atomic E-state index is 13.0. The van der Waals surface area contributed by atoms with Crippen molar-refractivity contribution in [3.63, 3.8) is 0 Å². The van der Waals surface area contributed by atoms with Gasteiger partial charge < -0.3 is 61.4 Å². The number of anilines is 9. The zero-order valence-electron chi connectivity index (χ0n) is 74.8. The smallest absolute Gasteiger partial charge is 0.416 e. The van der Waals surface area contributed by atoms with Gasteiger partial charge in [0, 0.05) is 159 Å². The molecule has 133 heavy (non-hydrogen) atoms. The summed E-state index contributed by atoms with van der Waals surface area (Å²) < 4.78 is 138. The van der Waals surface area contributed by atoms with E-state index in [1.807, 2.05) is 115 Å². The average molecular weight is 1850 g/mol. The largest absolute Gasteiger partial charge is 0.495 e. The molecule has 5 aliphatic heterocycles. The average Bonchev–Trinajstić information content (AvgIpc) is 1.25. The number of pyridine rings is 1. The number of alkyl halides is 9. The monoisotopic (exact) mass is 1850 g/mol. The third-order valence-corrected chi connectivity index (χ3v) is 22.7. The van der Waals surface area contributed by atoms with Crippen molar-refractivity contribution in [2.75, 3.05) is 167 Å². The van der Waals surface area contributed by atoms with Crippen LogP contribution in [0.4, 0.5) is 115 Å². The number of carbonyl (C=O) groups is 5. The number of urea groups is 4. The molecule has 26 nitrogen and oxygen atoms in total. The Balaban J connectivity index is 0.000000160. The Hall–Kier alpha value is -13.0. The number of hydrogen-bond acceptors (Lipinski definition) is 17. The van der Waals surface area contributed by atoms with Crippen LogP contribution in [0.25, 0.3) is 0 Å². The van der Waals surface area contributed by atoms with Gasteiger partial charge in [-0.25, -0.2) is 38.5 Å². The summed E-state index contributed by atoms with van der Waals surface area (Å²) in [4.78, 5) is 90.6. The quantitative estimate of drug-likeness (QED) is 0.0293. The van der Waals surface area contributed by atoms with Gasteiger partial charge in [0.25, 0.3) is 0 Å². The number of halogens is 10. The van der Waals surface area contributed by atoms with Gasteiger partial charge in [-0.3, -0.25) is 34.6 Å². The molecule has 15 rings (SSSR count). The van der Waals surface area contributed by atoms with Crippen LogP contribution in [-0.4, -0.2) is 213 Å². The van der Waals surface area contributed by atoms with E-state index >= 15 is 0 Å². The first-order valence-electron chi connectivity index (χ1n) is 43.8. The molecule has 2 aromatic heterocycles. The molecule has 0 radical (unpaired) electrons. The summed E-state index contributed by atoms with van der Waals surface area (Å²) in [6.07, 6.45) is -2.42. The lowest BCUT2D eigenvalue weighted by atomic mass is 9.96. The molecule has 5 saturated heterocycles. The number of para-hydroxylation sites is 2. The molecule has 7 heterocycles. The maximum Gasteiger partial charge on any atom is 0.416 e. The molecule has 2 unspecified atom stereocenters. The molecule has 10 aromatic rings. The molecule has 0 aliphatic carbocycles. The minimum absolute atomic E-state index is 0.0752. The van der Waals surface area contributed by atoms with Gasteiger partial charge in [0.05, 0.1) is 55.4 Å². The number of ether oxygens (including phenoxy) is 2. The molecule has 0 bridgehead atoms. The fraction of sp³-hybridized carbons (Fsp3) is 0.361. The number of aromatic nitrogens is 3. The van der Waals surface area contributed by atoms with Crippen molar-refractivity contribution in [2.45, 2.75) is 108 Å². The number of benzene rings is 8. The van der Waals surface area contributed by atoms with Crippen LogP contribution in [0.5, 0.6) is 5.75 Å². The normalized spacial score (nSPS) is 16.3. The first-order chi connectivity index (χ1) is 63.8. The predicted molar refractivity (Wildman–Crippen MR) is 497 cm³/mol. The number of piperidine rings is 2. The fourth-order valence-corrected chi connectivity index (χ4v) is 15.5. The van der Waals surface area contributed by atoms with E-state index in [0.717, 1.165) is 189 Å². The number of amides is 9. The lowest BCUT2D eigenvalue weighted by molar-refractivity contribution is -0.138. The van der Waals surface area contributed by atoms with Crippen LogP contribution < -0.4 is 57.1 Å². The highest BCUT2D eigenvalue weighted by molar-refractivity contribution is 6.01. The highest BCUT2D eigenvalue weighted by Crippen LogP contribution is 2.35. The standard InChI is InChI=1S/C20H22F3N3O2.C20H26N4O.C19H20F3N3O2.C19H20F3N3O.C19H25FN6O/c1-28-18-8-3-2-7-17(18)26-11-9-25(10-12-26)14-19(27)24-16-6-4-5-15(13-16)20(21,22)23;1-16-14-18(11-13-24(16)15-17-8-4-3-5-9-17)23(2)20(25)22-19-10-6-7-12-21-19;20-19(21,22)15-2-1-3-17(12-15)24-18(26)23-16-6-4-14(5-7-16)13-25-8-10-27-11-9-25;20-19(21,22)15-4-3-5-17(12-15)24-18(26)23-16-8-6-14(7-9-16)13-25-10-1-2-11-25;1-25(2)18-17(11-21-13-22-18)24-19(27)23-16-7-9-26(10-8-16)12-14-3-5-15(20)6-4-14/h2-8,13H,9-12,14H2,1H3,(H,24,27);3-10,12,16,18H,11,13-15H2,1-2H3,(H,21,22,25);1-7,12H,8-11,13H2,(H2,23,24,26);3-9,12H,1-2,10-11,13H2,(H2,23,24,26);3-6,11,13,16H,7-10,12H2,1-2H3,(H2,23,24,27). The van der Waals surface area contributed by atoms with E-state index in [0.29, 0.717) is 47.8 Å². The van der Waals surface area contributed by atoms with Gasteiger partial charge in [-0.05, 0) is 196 Å². The molecule has 36 heteroatoms. The zero-order chi connectivity index (χ0) is 94.9. The van der Waals surface area contributed by atoms with E-state index in [1.54, 1.807) is 49.8 Å². The minimum atomic E-state index is -4.45. The van der Waals surface area contributed by atoms with Crippen LogP contribution in [0.15, 0.2) is 237 Å². The van der Waals surface area contributed by atoms with E-state index in [4.69, 9.17) is 9.47 Å². The van der Waals surface area contributed by atoms with Crippen molar-refractivity contribution in [3.8, 4) is 5.75 Å². The Labute approximate surface area is 767 Å².